The number of hydrogen-bond acceptors (Lipinski definition) is 5. The van der Waals surface area contributed by atoms with E-state index >= 15 is 0 Å². The van der Waals surface area contributed by atoms with Crippen molar-refractivity contribution in [2.75, 3.05) is 6.61 Å². The van der Waals surface area contributed by atoms with Gasteiger partial charge in [0, 0.05) is 18.8 Å². The van der Waals surface area contributed by atoms with Crippen LogP contribution in [0, 0.1) is 11.8 Å². The van der Waals surface area contributed by atoms with Crippen LogP contribution in [0.25, 0.3) is 0 Å². The lowest BCUT2D eigenvalue weighted by Gasteiger charge is -2.17. The van der Waals surface area contributed by atoms with Gasteiger partial charge in [0.05, 0.1) is 0 Å². The van der Waals surface area contributed by atoms with E-state index in [1.54, 1.807) is 0 Å². The van der Waals surface area contributed by atoms with E-state index in [0.717, 1.165) is 32.1 Å². The van der Waals surface area contributed by atoms with Crippen molar-refractivity contribution >= 4 is 23.3 Å². The van der Waals surface area contributed by atoms with Gasteiger partial charge in [-0.3, -0.25) is 19.2 Å². The molecule has 5 heteroatoms. The van der Waals surface area contributed by atoms with E-state index in [1.807, 2.05) is 0 Å². The predicted molar refractivity (Wildman–Crippen MR) is 88.4 cm³/mol. The van der Waals surface area contributed by atoms with E-state index < -0.39 is 17.7 Å². The first-order valence-electron chi connectivity index (χ1n) is 9.34. The van der Waals surface area contributed by atoms with Crippen molar-refractivity contribution in [3.8, 4) is 0 Å². The van der Waals surface area contributed by atoms with Crippen molar-refractivity contribution in [3.05, 3.63) is 0 Å². The highest BCUT2D eigenvalue weighted by atomic mass is 16.5. The summed E-state index contributed by atoms with van der Waals surface area (Å²) in [6.45, 7) is -0.294. The molecule has 0 spiro atoms. The molecule has 24 heavy (non-hydrogen) atoms. The van der Waals surface area contributed by atoms with Crippen molar-refractivity contribution in [3.63, 3.8) is 0 Å². The topological polar surface area (TPSA) is 77.5 Å². The summed E-state index contributed by atoms with van der Waals surface area (Å²) in [5, 5.41) is 0. The molecule has 5 nitrogen and oxygen atoms in total. The second kappa shape index (κ2) is 9.70. The molecule has 1 saturated carbocycles. The molecule has 0 aromatic carbocycles. The predicted octanol–water partition coefficient (Wildman–Crippen LogP) is 3.18. The fourth-order valence-electron chi connectivity index (χ4n) is 3.63. The lowest BCUT2D eigenvalue weighted by molar-refractivity contribution is -0.144. The molecule has 0 aromatic heterocycles. The van der Waals surface area contributed by atoms with Crippen LogP contribution in [0.3, 0.4) is 0 Å². The van der Waals surface area contributed by atoms with Gasteiger partial charge in [-0.2, -0.15) is 0 Å². The Morgan fingerprint density at radius 2 is 1.50 bits per heavy atom. The number of carbonyl (C=O) groups is 4. The van der Waals surface area contributed by atoms with E-state index in [0.29, 0.717) is 12.8 Å². The molecule has 2 fully saturated rings. The van der Waals surface area contributed by atoms with Gasteiger partial charge in [0.25, 0.3) is 0 Å². The summed E-state index contributed by atoms with van der Waals surface area (Å²) >= 11 is 0. The Bertz CT molecular complexity index is 466. The minimum Gasteiger partial charge on any atom is -0.457 e. The zero-order valence-electron chi connectivity index (χ0n) is 14.4. The largest absolute Gasteiger partial charge is 0.457 e. The van der Waals surface area contributed by atoms with Crippen LogP contribution >= 0.6 is 0 Å². The lowest BCUT2D eigenvalue weighted by atomic mass is 9.86. The number of hydrogen-bond donors (Lipinski definition) is 0. The molecule has 2 aliphatic rings. The molecule has 0 amide bonds. The molecular formula is C19H28O5. The molecule has 1 aliphatic carbocycles. The Balaban J connectivity index is 1.86. The number of carbonyl (C=O) groups excluding carboxylic acids is 4. The van der Waals surface area contributed by atoms with Gasteiger partial charge in [-0.1, -0.05) is 44.9 Å². The van der Waals surface area contributed by atoms with Crippen molar-refractivity contribution < 1.29 is 23.9 Å². The maximum Gasteiger partial charge on any atom is 0.324 e. The second-order valence-electron chi connectivity index (χ2n) is 7.04. The van der Waals surface area contributed by atoms with Crippen LogP contribution in [0.4, 0.5) is 0 Å². The zero-order chi connectivity index (χ0) is 17.4. The number of ether oxygens (including phenoxy) is 1. The second-order valence-corrected chi connectivity index (χ2v) is 7.04. The fraction of sp³-hybridized carbons (Fsp3) is 0.789. The van der Waals surface area contributed by atoms with Gasteiger partial charge in [0.2, 0.25) is 0 Å². The average molecular weight is 336 g/mol. The van der Waals surface area contributed by atoms with E-state index in [2.05, 4.69) is 4.74 Å². The third-order valence-electron chi connectivity index (χ3n) is 5.16. The summed E-state index contributed by atoms with van der Waals surface area (Å²) in [5.41, 5.74) is 0. The van der Waals surface area contributed by atoms with Gasteiger partial charge in [-0.25, -0.2) is 0 Å². The first-order valence-corrected chi connectivity index (χ1v) is 9.34. The van der Waals surface area contributed by atoms with Crippen LogP contribution in [0.1, 0.15) is 77.0 Å². The van der Waals surface area contributed by atoms with Crippen LogP contribution < -0.4 is 0 Å². The summed E-state index contributed by atoms with van der Waals surface area (Å²) in [7, 11) is 0. The van der Waals surface area contributed by atoms with Crippen molar-refractivity contribution in [2.24, 2.45) is 11.8 Å². The van der Waals surface area contributed by atoms with Crippen molar-refractivity contribution in [1.29, 1.82) is 0 Å². The normalized spacial score (nSPS) is 27.2. The highest BCUT2D eigenvalue weighted by Crippen LogP contribution is 2.24. The highest BCUT2D eigenvalue weighted by molar-refractivity contribution is 6.20. The number of rotatable bonds is 4. The SMILES string of the molecule is O=C1CCCCCCCCCCC1CCC(=O)C1C(=O)COC1=O. The molecule has 1 saturated heterocycles. The number of cyclic esters (lactones) is 1. The monoisotopic (exact) mass is 336 g/mol. The summed E-state index contributed by atoms with van der Waals surface area (Å²) in [6.07, 6.45) is 11.1. The Morgan fingerprint density at radius 3 is 2.12 bits per heavy atom. The van der Waals surface area contributed by atoms with E-state index in [4.69, 9.17) is 0 Å². The Labute approximate surface area is 143 Å². The third-order valence-corrected chi connectivity index (χ3v) is 5.16. The summed E-state index contributed by atoms with van der Waals surface area (Å²) in [4.78, 5) is 47.6. The quantitative estimate of drug-likeness (QED) is 0.582. The smallest absolute Gasteiger partial charge is 0.324 e. The molecule has 1 heterocycles. The Kier molecular flexibility index (Phi) is 7.60. The molecule has 0 radical (unpaired) electrons. The van der Waals surface area contributed by atoms with Gasteiger partial charge in [-0.15, -0.1) is 0 Å². The van der Waals surface area contributed by atoms with E-state index in [-0.39, 0.29) is 30.5 Å². The molecule has 0 N–H and O–H groups in total. The summed E-state index contributed by atoms with van der Waals surface area (Å²) in [5.74, 6) is -2.68. The molecule has 0 bridgehead atoms. The molecular weight excluding hydrogens is 308 g/mol. The number of esters is 1. The average Bonchev–Trinajstić information content (AvgIpc) is 2.88. The lowest BCUT2D eigenvalue weighted by Crippen LogP contribution is -2.27. The van der Waals surface area contributed by atoms with Gasteiger partial charge in [0.1, 0.15) is 5.78 Å². The van der Waals surface area contributed by atoms with Crippen molar-refractivity contribution in [2.45, 2.75) is 77.0 Å². The Hall–Kier alpha value is -1.52. The first-order chi connectivity index (χ1) is 11.6. The maximum atomic E-state index is 12.4. The Morgan fingerprint density at radius 1 is 0.875 bits per heavy atom. The van der Waals surface area contributed by atoms with Crippen LogP contribution in [-0.4, -0.2) is 29.9 Å². The van der Waals surface area contributed by atoms with E-state index in [1.165, 1.54) is 25.7 Å². The van der Waals surface area contributed by atoms with Crippen LogP contribution in [0.5, 0.6) is 0 Å². The number of ketones is 3. The van der Waals surface area contributed by atoms with E-state index in [9.17, 15) is 19.2 Å². The van der Waals surface area contributed by atoms with Crippen LogP contribution in [-0.2, 0) is 23.9 Å². The minimum absolute atomic E-state index is 0.110. The molecule has 134 valence electrons. The maximum absolute atomic E-state index is 12.4. The summed E-state index contributed by atoms with van der Waals surface area (Å²) in [6, 6.07) is 0. The molecule has 2 rings (SSSR count). The standard InChI is InChI=1S/C19H28O5/c20-15-10-8-6-4-2-1-3-5-7-9-14(15)11-12-16(21)18-17(22)13-24-19(18)23/h14,18H,1-13H2. The third kappa shape index (κ3) is 5.53. The minimum atomic E-state index is -1.24. The van der Waals surface area contributed by atoms with Crippen LogP contribution in [0.15, 0.2) is 0 Å². The molecule has 2 unspecified atom stereocenters. The highest BCUT2D eigenvalue weighted by Gasteiger charge is 2.40. The summed E-state index contributed by atoms with van der Waals surface area (Å²) < 4.78 is 4.63. The van der Waals surface area contributed by atoms with Gasteiger partial charge in [0.15, 0.2) is 24.1 Å². The fourth-order valence-corrected chi connectivity index (χ4v) is 3.63. The van der Waals surface area contributed by atoms with Gasteiger partial charge in [-0.05, 0) is 19.3 Å². The molecule has 1 aliphatic heterocycles. The molecule has 0 aromatic rings. The van der Waals surface area contributed by atoms with Gasteiger partial charge >= 0.3 is 5.97 Å². The van der Waals surface area contributed by atoms with Crippen LogP contribution in [0.2, 0.25) is 0 Å². The van der Waals surface area contributed by atoms with Gasteiger partial charge < -0.3 is 4.74 Å². The zero-order valence-corrected chi connectivity index (χ0v) is 14.4. The van der Waals surface area contributed by atoms with Crippen molar-refractivity contribution in [1.82, 2.24) is 0 Å². The first kappa shape index (κ1) is 18.8. The number of Topliss-reactive ketones (excluding diaryl/α,β-unsaturated/α-hetero) is 3. The molecule has 2 atom stereocenters.